The number of aromatic hydroxyl groups is 2. The molecule has 1 aliphatic rings. The van der Waals surface area contributed by atoms with Crippen molar-refractivity contribution < 1.29 is 10.2 Å². The van der Waals surface area contributed by atoms with Crippen molar-refractivity contribution in [3.8, 4) is 11.5 Å². The summed E-state index contributed by atoms with van der Waals surface area (Å²) >= 11 is 9.29. The molecule has 3 nitrogen and oxygen atoms in total. The molecular weight excluding hydrogens is 269 g/mol. The van der Waals surface area contributed by atoms with Crippen LogP contribution in [0.1, 0.15) is 11.1 Å². The zero-order chi connectivity index (χ0) is 10.3. The van der Waals surface area contributed by atoms with Gasteiger partial charge in [0.1, 0.15) is 0 Å². The molecule has 0 bridgehead atoms. The number of fused-ring (bicyclic) bond motifs is 1. The second kappa shape index (κ2) is 3.61. The monoisotopic (exact) mass is 277 g/mol. The Morgan fingerprint density at radius 1 is 1.43 bits per heavy atom. The third-order valence-corrected chi connectivity index (χ3v) is 3.38. The van der Waals surface area contributed by atoms with Crippen LogP contribution in [-0.4, -0.2) is 20.7 Å². The first-order chi connectivity index (χ1) is 6.59. The third-order valence-electron chi connectivity index (χ3n) is 2.37. The first-order valence-electron chi connectivity index (χ1n) is 4.22. The molecule has 0 radical (unpaired) electrons. The van der Waals surface area contributed by atoms with E-state index in [4.69, 9.17) is 11.6 Å². The summed E-state index contributed by atoms with van der Waals surface area (Å²) in [4.78, 5) is 0. The highest BCUT2D eigenvalue weighted by atomic mass is 79.9. The van der Waals surface area contributed by atoms with E-state index >= 15 is 0 Å². The van der Waals surface area contributed by atoms with Crippen LogP contribution in [0.3, 0.4) is 0 Å². The summed E-state index contributed by atoms with van der Waals surface area (Å²) in [6.45, 7) is 1.51. The Bertz CT molecular complexity index is 384. The number of phenolic OH excluding ortho intramolecular Hbond substituents is 2. The molecule has 1 aromatic rings. The van der Waals surface area contributed by atoms with E-state index in [-0.39, 0.29) is 16.5 Å². The molecule has 76 valence electrons. The zero-order valence-electron chi connectivity index (χ0n) is 7.30. The summed E-state index contributed by atoms with van der Waals surface area (Å²) in [7, 11) is 0. The molecule has 0 amide bonds. The molecule has 0 aliphatic carbocycles. The molecule has 0 saturated carbocycles. The fourth-order valence-corrected chi connectivity index (χ4v) is 2.31. The zero-order valence-corrected chi connectivity index (χ0v) is 9.64. The average Bonchev–Trinajstić information content (AvgIpc) is 2.16. The summed E-state index contributed by atoms with van der Waals surface area (Å²) in [5.41, 5.74) is 1.88. The second-order valence-electron chi connectivity index (χ2n) is 3.29. The van der Waals surface area contributed by atoms with Crippen molar-refractivity contribution in [3.63, 3.8) is 0 Å². The minimum Gasteiger partial charge on any atom is -0.504 e. The van der Waals surface area contributed by atoms with Crippen molar-refractivity contribution in [2.24, 2.45) is 0 Å². The van der Waals surface area contributed by atoms with Crippen LogP contribution in [0.2, 0.25) is 5.02 Å². The second-order valence-corrected chi connectivity index (χ2v) is 4.67. The Morgan fingerprint density at radius 2 is 2.14 bits per heavy atom. The number of hydrogen-bond acceptors (Lipinski definition) is 3. The van der Waals surface area contributed by atoms with Crippen molar-refractivity contribution in [2.45, 2.75) is 13.0 Å². The lowest BCUT2D eigenvalue weighted by Crippen LogP contribution is -2.21. The molecule has 14 heavy (non-hydrogen) atoms. The molecule has 2 N–H and O–H groups in total. The molecule has 1 aromatic carbocycles. The van der Waals surface area contributed by atoms with Gasteiger partial charge < -0.3 is 10.2 Å². The van der Waals surface area contributed by atoms with E-state index in [1.54, 1.807) is 6.07 Å². The van der Waals surface area contributed by atoms with Gasteiger partial charge in [-0.05, 0) is 23.6 Å². The molecule has 0 aromatic heterocycles. The normalized spacial score (nSPS) is 16.7. The highest BCUT2D eigenvalue weighted by molar-refractivity contribution is 9.07. The van der Waals surface area contributed by atoms with Crippen molar-refractivity contribution in [1.82, 2.24) is 3.93 Å². The van der Waals surface area contributed by atoms with Gasteiger partial charge in [-0.1, -0.05) is 11.6 Å². The van der Waals surface area contributed by atoms with Gasteiger partial charge in [-0.25, -0.2) is 3.93 Å². The van der Waals surface area contributed by atoms with Crippen molar-refractivity contribution in [2.75, 3.05) is 6.54 Å². The molecule has 1 aliphatic heterocycles. The van der Waals surface area contributed by atoms with Crippen LogP contribution < -0.4 is 0 Å². The Hall–Kier alpha value is -0.450. The Balaban J connectivity index is 2.55. The molecule has 0 fully saturated rings. The fraction of sp³-hybridized carbons (Fsp3) is 0.333. The van der Waals surface area contributed by atoms with Gasteiger partial charge in [0.05, 0.1) is 5.02 Å². The number of halogens is 2. The van der Waals surface area contributed by atoms with Crippen molar-refractivity contribution >= 4 is 27.7 Å². The summed E-state index contributed by atoms with van der Waals surface area (Å²) in [5.74, 6) is -0.370. The highest BCUT2D eigenvalue weighted by Gasteiger charge is 2.21. The van der Waals surface area contributed by atoms with Gasteiger partial charge in [0.25, 0.3) is 0 Å². The molecule has 0 unspecified atom stereocenters. The maximum Gasteiger partial charge on any atom is 0.176 e. The maximum atomic E-state index is 9.43. The number of phenols is 2. The van der Waals surface area contributed by atoms with Crippen LogP contribution >= 0.6 is 27.7 Å². The average molecular weight is 279 g/mol. The minimum atomic E-state index is -0.229. The first-order valence-corrected chi connectivity index (χ1v) is 5.31. The Morgan fingerprint density at radius 3 is 2.86 bits per heavy atom. The van der Waals surface area contributed by atoms with Gasteiger partial charge in [0.15, 0.2) is 11.5 Å². The van der Waals surface area contributed by atoms with Crippen LogP contribution in [0.4, 0.5) is 0 Å². The molecule has 2 rings (SSSR count). The number of rotatable bonds is 0. The predicted octanol–water partition coefficient (Wildman–Crippen LogP) is 2.42. The smallest absolute Gasteiger partial charge is 0.176 e. The van der Waals surface area contributed by atoms with Gasteiger partial charge in [0.2, 0.25) is 0 Å². The lowest BCUT2D eigenvalue weighted by molar-refractivity contribution is 0.397. The van der Waals surface area contributed by atoms with Crippen LogP contribution in [0, 0.1) is 0 Å². The summed E-state index contributed by atoms with van der Waals surface area (Å²) in [6, 6.07) is 1.58. The van der Waals surface area contributed by atoms with E-state index in [0.29, 0.717) is 6.54 Å². The van der Waals surface area contributed by atoms with E-state index < -0.39 is 0 Å². The molecular formula is C9H9BrClNO2. The van der Waals surface area contributed by atoms with Crippen LogP contribution in [0.5, 0.6) is 11.5 Å². The van der Waals surface area contributed by atoms with E-state index in [0.717, 1.165) is 24.1 Å². The third kappa shape index (κ3) is 1.58. The van der Waals surface area contributed by atoms with Crippen molar-refractivity contribution in [3.05, 3.63) is 22.2 Å². The molecule has 0 atom stereocenters. The van der Waals surface area contributed by atoms with Gasteiger partial charge in [0, 0.05) is 29.2 Å². The Kier molecular flexibility index (Phi) is 2.60. The van der Waals surface area contributed by atoms with E-state index in [1.807, 2.05) is 3.93 Å². The minimum absolute atomic E-state index is 0.142. The Labute approximate surface area is 95.2 Å². The SMILES string of the molecule is Oc1cc2c(c(Cl)c1O)CN(Br)CC2. The first kappa shape index (κ1) is 10.1. The van der Waals surface area contributed by atoms with Crippen LogP contribution in [-0.2, 0) is 13.0 Å². The fourth-order valence-electron chi connectivity index (χ4n) is 1.60. The topological polar surface area (TPSA) is 43.7 Å². The van der Waals surface area contributed by atoms with E-state index in [9.17, 15) is 10.2 Å². The quantitative estimate of drug-likeness (QED) is 0.566. The van der Waals surface area contributed by atoms with Gasteiger partial charge in [-0.2, -0.15) is 0 Å². The summed E-state index contributed by atoms with van der Waals surface area (Å²) in [5, 5.41) is 19.0. The molecule has 0 saturated heterocycles. The van der Waals surface area contributed by atoms with Crippen molar-refractivity contribution in [1.29, 1.82) is 0 Å². The van der Waals surface area contributed by atoms with Crippen LogP contribution in [0.25, 0.3) is 0 Å². The highest BCUT2D eigenvalue weighted by Crippen LogP contribution is 2.40. The molecule has 0 spiro atoms. The molecule has 1 heterocycles. The number of nitrogens with zero attached hydrogens (tertiary/aromatic N) is 1. The number of benzene rings is 1. The van der Waals surface area contributed by atoms with E-state index in [1.165, 1.54) is 0 Å². The lowest BCUT2D eigenvalue weighted by atomic mass is 10.0. The number of hydrogen-bond donors (Lipinski definition) is 2. The summed E-state index contributed by atoms with van der Waals surface area (Å²) in [6.07, 6.45) is 0.814. The van der Waals surface area contributed by atoms with Crippen LogP contribution in [0.15, 0.2) is 6.07 Å². The lowest BCUT2D eigenvalue weighted by Gasteiger charge is -2.24. The largest absolute Gasteiger partial charge is 0.504 e. The summed E-state index contributed by atoms with van der Waals surface area (Å²) < 4.78 is 1.94. The standard InChI is InChI=1S/C9H9BrClNO2/c10-12-2-1-5-3-7(13)9(14)8(11)6(5)4-12/h3,13-14H,1-2,4H2. The van der Waals surface area contributed by atoms with E-state index in [2.05, 4.69) is 16.1 Å². The van der Waals surface area contributed by atoms with Gasteiger partial charge >= 0.3 is 0 Å². The maximum absolute atomic E-state index is 9.43. The molecule has 5 heteroatoms. The van der Waals surface area contributed by atoms with Gasteiger partial charge in [-0.15, -0.1) is 0 Å². The van der Waals surface area contributed by atoms with Gasteiger partial charge in [-0.3, -0.25) is 0 Å². The predicted molar refractivity (Wildman–Crippen MR) is 57.8 cm³/mol.